The summed E-state index contributed by atoms with van der Waals surface area (Å²) in [5, 5.41) is 6.00. The van der Waals surface area contributed by atoms with Crippen molar-refractivity contribution in [1.29, 1.82) is 0 Å². The van der Waals surface area contributed by atoms with E-state index in [4.69, 9.17) is 0 Å². The molecule has 0 spiro atoms. The molecule has 0 heterocycles. The van der Waals surface area contributed by atoms with Gasteiger partial charge >= 0.3 is 0 Å². The Bertz CT molecular complexity index is 578. The molecule has 2 aliphatic rings. The van der Waals surface area contributed by atoms with E-state index < -0.39 is 6.04 Å². The predicted octanol–water partition coefficient (Wildman–Crippen LogP) is 2.88. The maximum absolute atomic E-state index is 12.4. The van der Waals surface area contributed by atoms with Gasteiger partial charge in [-0.1, -0.05) is 37.1 Å². The number of hydrogen-bond donors (Lipinski definition) is 2. The quantitative estimate of drug-likeness (QED) is 0.898. The van der Waals surface area contributed by atoms with Crippen molar-refractivity contribution < 1.29 is 9.59 Å². The third-order valence-electron chi connectivity index (χ3n) is 5.16. The average molecular weight is 314 g/mol. The van der Waals surface area contributed by atoms with Crippen LogP contribution in [0.4, 0.5) is 0 Å². The Labute approximate surface area is 138 Å². The maximum Gasteiger partial charge on any atom is 0.242 e. The highest BCUT2D eigenvalue weighted by Gasteiger charge is 2.27. The normalized spacial score (nSPS) is 22.2. The van der Waals surface area contributed by atoms with Crippen LogP contribution in [0.25, 0.3) is 0 Å². The molecule has 124 valence electrons. The zero-order valence-electron chi connectivity index (χ0n) is 13.8. The van der Waals surface area contributed by atoms with E-state index in [-0.39, 0.29) is 23.8 Å². The van der Waals surface area contributed by atoms with E-state index >= 15 is 0 Å². The van der Waals surface area contributed by atoms with E-state index in [9.17, 15) is 9.59 Å². The number of aryl methyl sites for hydroxylation is 1. The Hall–Kier alpha value is -1.84. The third-order valence-corrected chi connectivity index (χ3v) is 5.16. The highest BCUT2D eigenvalue weighted by Crippen LogP contribution is 2.29. The fourth-order valence-electron chi connectivity index (χ4n) is 3.79. The van der Waals surface area contributed by atoms with Crippen LogP contribution in [0.2, 0.25) is 0 Å². The minimum Gasteiger partial charge on any atom is -0.348 e. The first kappa shape index (κ1) is 16.0. The smallest absolute Gasteiger partial charge is 0.242 e. The number of carbonyl (C=O) groups is 2. The minimum absolute atomic E-state index is 0.0363. The minimum atomic E-state index is -0.475. The van der Waals surface area contributed by atoms with E-state index in [1.807, 2.05) is 12.1 Å². The SMILES string of the molecule is CC(NC(=O)C1CCCC1)C(=O)NC1CCCc2ccccc21. The van der Waals surface area contributed by atoms with Gasteiger partial charge in [0.15, 0.2) is 0 Å². The Morgan fingerprint density at radius 1 is 1.09 bits per heavy atom. The molecule has 0 bridgehead atoms. The summed E-state index contributed by atoms with van der Waals surface area (Å²) in [5.74, 6) is 0.0490. The summed E-state index contributed by atoms with van der Waals surface area (Å²) in [6.45, 7) is 1.77. The summed E-state index contributed by atoms with van der Waals surface area (Å²) in [6.07, 6.45) is 7.29. The van der Waals surface area contributed by atoms with Crippen LogP contribution < -0.4 is 10.6 Å². The number of hydrogen-bond acceptors (Lipinski definition) is 2. The van der Waals surface area contributed by atoms with Gasteiger partial charge in [-0.25, -0.2) is 0 Å². The van der Waals surface area contributed by atoms with Gasteiger partial charge in [-0.15, -0.1) is 0 Å². The molecule has 0 aliphatic heterocycles. The van der Waals surface area contributed by atoms with Crippen molar-refractivity contribution in [2.45, 2.75) is 64.0 Å². The molecule has 4 heteroatoms. The molecule has 0 radical (unpaired) electrons. The number of benzene rings is 1. The summed E-state index contributed by atoms with van der Waals surface area (Å²) in [6, 6.07) is 7.90. The fourth-order valence-corrected chi connectivity index (χ4v) is 3.79. The lowest BCUT2D eigenvalue weighted by atomic mass is 9.87. The van der Waals surface area contributed by atoms with Gasteiger partial charge in [0.25, 0.3) is 0 Å². The molecule has 1 aromatic carbocycles. The Morgan fingerprint density at radius 3 is 2.61 bits per heavy atom. The summed E-state index contributed by atoms with van der Waals surface area (Å²) in [5.41, 5.74) is 2.55. The van der Waals surface area contributed by atoms with Gasteiger partial charge in [-0.05, 0) is 50.2 Å². The third kappa shape index (κ3) is 3.74. The van der Waals surface area contributed by atoms with Crippen molar-refractivity contribution in [3.8, 4) is 0 Å². The molecular formula is C19H26N2O2. The second-order valence-corrected chi connectivity index (χ2v) is 6.86. The zero-order chi connectivity index (χ0) is 16.2. The monoisotopic (exact) mass is 314 g/mol. The van der Waals surface area contributed by atoms with Crippen LogP contribution in [0.5, 0.6) is 0 Å². The summed E-state index contributed by atoms with van der Waals surface area (Å²) in [7, 11) is 0. The van der Waals surface area contributed by atoms with Crippen molar-refractivity contribution in [3.05, 3.63) is 35.4 Å². The highest BCUT2D eigenvalue weighted by molar-refractivity contribution is 5.88. The Kier molecular flexibility index (Phi) is 4.99. The van der Waals surface area contributed by atoms with E-state index in [1.165, 1.54) is 11.1 Å². The molecule has 1 saturated carbocycles. The topological polar surface area (TPSA) is 58.2 Å². The number of amides is 2. The van der Waals surface area contributed by atoms with Crippen molar-refractivity contribution in [2.75, 3.05) is 0 Å². The number of carbonyl (C=O) groups excluding carboxylic acids is 2. The molecule has 4 nitrogen and oxygen atoms in total. The zero-order valence-corrected chi connectivity index (χ0v) is 13.8. The molecular weight excluding hydrogens is 288 g/mol. The first-order valence-electron chi connectivity index (χ1n) is 8.83. The van der Waals surface area contributed by atoms with E-state index in [2.05, 4.69) is 22.8 Å². The van der Waals surface area contributed by atoms with Gasteiger partial charge in [-0.2, -0.15) is 0 Å². The fraction of sp³-hybridized carbons (Fsp3) is 0.579. The maximum atomic E-state index is 12.4. The van der Waals surface area contributed by atoms with E-state index in [0.717, 1.165) is 44.9 Å². The van der Waals surface area contributed by atoms with Gasteiger partial charge in [0.2, 0.25) is 11.8 Å². The average Bonchev–Trinajstić information content (AvgIpc) is 3.09. The van der Waals surface area contributed by atoms with Crippen LogP contribution in [0.15, 0.2) is 24.3 Å². The molecule has 0 aromatic heterocycles. The molecule has 1 fully saturated rings. The molecule has 3 rings (SSSR count). The van der Waals surface area contributed by atoms with Crippen LogP contribution in [-0.4, -0.2) is 17.9 Å². The van der Waals surface area contributed by atoms with Crippen LogP contribution in [-0.2, 0) is 16.0 Å². The van der Waals surface area contributed by atoms with Crippen molar-refractivity contribution >= 4 is 11.8 Å². The highest BCUT2D eigenvalue weighted by atomic mass is 16.2. The van der Waals surface area contributed by atoms with Gasteiger partial charge in [0, 0.05) is 5.92 Å². The molecule has 23 heavy (non-hydrogen) atoms. The second-order valence-electron chi connectivity index (χ2n) is 6.86. The second kappa shape index (κ2) is 7.16. The summed E-state index contributed by atoms with van der Waals surface area (Å²) < 4.78 is 0. The number of fused-ring (bicyclic) bond motifs is 1. The summed E-state index contributed by atoms with van der Waals surface area (Å²) in [4.78, 5) is 24.6. The van der Waals surface area contributed by atoms with Crippen molar-refractivity contribution in [2.24, 2.45) is 5.92 Å². The molecule has 2 unspecified atom stereocenters. The Balaban J connectivity index is 1.57. The van der Waals surface area contributed by atoms with Crippen LogP contribution in [0.3, 0.4) is 0 Å². The summed E-state index contributed by atoms with van der Waals surface area (Å²) >= 11 is 0. The van der Waals surface area contributed by atoms with Gasteiger partial charge in [0.05, 0.1) is 6.04 Å². The van der Waals surface area contributed by atoms with Crippen molar-refractivity contribution in [3.63, 3.8) is 0 Å². The van der Waals surface area contributed by atoms with Gasteiger partial charge in [-0.3, -0.25) is 9.59 Å². The largest absolute Gasteiger partial charge is 0.348 e. The van der Waals surface area contributed by atoms with E-state index in [0.29, 0.717) is 0 Å². The van der Waals surface area contributed by atoms with Crippen LogP contribution >= 0.6 is 0 Å². The molecule has 2 N–H and O–H groups in total. The predicted molar refractivity (Wildman–Crippen MR) is 89.8 cm³/mol. The van der Waals surface area contributed by atoms with Crippen molar-refractivity contribution in [1.82, 2.24) is 10.6 Å². The molecule has 2 atom stereocenters. The lowest BCUT2D eigenvalue weighted by molar-refractivity contribution is -0.131. The lowest BCUT2D eigenvalue weighted by Gasteiger charge is -2.28. The molecule has 1 aromatic rings. The molecule has 2 aliphatic carbocycles. The first-order chi connectivity index (χ1) is 11.1. The van der Waals surface area contributed by atoms with Crippen LogP contribution in [0, 0.1) is 5.92 Å². The van der Waals surface area contributed by atoms with Gasteiger partial charge in [0.1, 0.15) is 6.04 Å². The molecule has 0 saturated heterocycles. The number of nitrogens with one attached hydrogen (secondary N) is 2. The van der Waals surface area contributed by atoms with E-state index in [1.54, 1.807) is 6.92 Å². The standard InChI is InChI=1S/C19H26N2O2/c1-13(20-19(23)15-8-2-3-9-15)18(22)21-17-12-6-10-14-7-4-5-11-16(14)17/h4-5,7,11,13,15,17H,2-3,6,8-10,12H2,1H3,(H,20,23)(H,21,22). The van der Waals surface area contributed by atoms with Crippen LogP contribution in [0.1, 0.15) is 62.6 Å². The lowest BCUT2D eigenvalue weighted by Crippen LogP contribution is -2.47. The molecule has 2 amide bonds. The first-order valence-corrected chi connectivity index (χ1v) is 8.83. The Morgan fingerprint density at radius 2 is 1.83 bits per heavy atom. The van der Waals surface area contributed by atoms with Gasteiger partial charge < -0.3 is 10.6 Å². The number of rotatable bonds is 4.